The van der Waals surface area contributed by atoms with Crippen molar-refractivity contribution in [2.45, 2.75) is 6.61 Å². The van der Waals surface area contributed by atoms with Crippen LogP contribution in [0.4, 0.5) is 0 Å². The van der Waals surface area contributed by atoms with E-state index < -0.39 is 5.97 Å². The summed E-state index contributed by atoms with van der Waals surface area (Å²) in [6.07, 6.45) is 2.12. The van der Waals surface area contributed by atoms with Gasteiger partial charge in [0.05, 0.1) is 0 Å². The van der Waals surface area contributed by atoms with E-state index in [-0.39, 0.29) is 18.4 Å². The normalized spacial score (nSPS) is 10.8. The Balaban J connectivity index is 1.95. The zero-order chi connectivity index (χ0) is 13.7. The van der Waals surface area contributed by atoms with Gasteiger partial charge in [-0.1, -0.05) is 17.7 Å². The monoisotopic (exact) mass is 280 g/mol. The van der Waals surface area contributed by atoms with E-state index in [0.717, 1.165) is 6.08 Å². The Morgan fingerprint density at radius 1 is 1.47 bits per heavy atom. The van der Waals surface area contributed by atoms with Gasteiger partial charge in [0.1, 0.15) is 5.75 Å². The average Bonchev–Trinajstić information content (AvgIpc) is 2.82. The molecule has 0 fully saturated rings. The van der Waals surface area contributed by atoms with Crippen LogP contribution in [-0.4, -0.2) is 21.3 Å². The van der Waals surface area contributed by atoms with E-state index in [4.69, 9.17) is 25.9 Å². The number of hydrogen-bond donors (Lipinski definition) is 1. The van der Waals surface area contributed by atoms with Crippen LogP contribution in [0.2, 0.25) is 5.02 Å². The molecule has 98 valence electrons. The summed E-state index contributed by atoms with van der Waals surface area (Å²) in [5, 5.41) is 16.4. The summed E-state index contributed by atoms with van der Waals surface area (Å²) in [7, 11) is 0. The number of carboxylic acid groups (broad SMARTS) is 1. The topological polar surface area (TPSA) is 85.5 Å². The number of carboxylic acids is 1. The standard InChI is InChI=1S/C12H9ClN2O4/c13-8-2-1-3-9(6-8)18-7-11-15-14-10(19-11)4-5-12(16)17/h1-6H,7H2,(H,16,17)/b5-4+. The van der Waals surface area contributed by atoms with Crippen LogP contribution in [0.5, 0.6) is 5.75 Å². The molecular weight excluding hydrogens is 272 g/mol. The highest BCUT2D eigenvalue weighted by Gasteiger charge is 2.05. The SMILES string of the molecule is O=C(O)/C=C/c1nnc(COc2cccc(Cl)c2)o1. The predicted molar refractivity (Wildman–Crippen MR) is 66.8 cm³/mol. The van der Waals surface area contributed by atoms with Gasteiger partial charge in [0.25, 0.3) is 5.89 Å². The molecule has 1 aromatic carbocycles. The van der Waals surface area contributed by atoms with Gasteiger partial charge < -0.3 is 14.3 Å². The summed E-state index contributed by atoms with van der Waals surface area (Å²) >= 11 is 5.81. The maximum absolute atomic E-state index is 10.3. The number of ether oxygens (including phenoxy) is 1. The Hall–Kier alpha value is -2.34. The van der Waals surface area contributed by atoms with Gasteiger partial charge in [0.15, 0.2) is 6.61 Å². The van der Waals surface area contributed by atoms with Crippen molar-refractivity contribution >= 4 is 23.6 Å². The van der Waals surface area contributed by atoms with Crippen molar-refractivity contribution < 1.29 is 19.1 Å². The van der Waals surface area contributed by atoms with Crippen molar-refractivity contribution in [3.63, 3.8) is 0 Å². The number of aromatic nitrogens is 2. The van der Waals surface area contributed by atoms with Gasteiger partial charge in [0, 0.05) is 17.2 Å². The molecule has 1 heterocycles. The van der Waals surface area contributed by atoms with Crippen LogP contribution in [0.3, 0.4) is 0 Å². The van der Waals surface area contributed by atoms with Crippen LogP contribution >= 0.6 is 11.6 Å². The van der Waals surface area contributed by atoms with Crippen molar-refractivity contribution in [2.75, 3.05) is 0 Å². The number of nitrogens with zero attached hydrogens (tertiary/aromatic N) is 2. The van der Waals surface area contributed by atoms with Gasteiger partial charge in [-0.25, -0.2) is 4.79 Å². The molecule has 2 aromatic rings. The number of halogens is 1. The van der Waals surface area contributed by atoms with Crippen LogP contribution in [0.15, 0.2) is 34.8 Å². The van der Waals surface area contributed by atoms with Gasteiger partial charge in [-0.3, -0.25) is 0 Å². The Bertz CT molecular complexity index is 609. The Labute approximate surface area is 113 Å². The van der Waals surface area contributed by atoms with Gasteiger partial charge in [-0.05, 0) is 18.2 Å². The molecule has 0 bridgehead atoms. The highest BCUT2D eigenvalue weighted by atomic mass is 35.5. The molecule has 0 unspecified atom stereocenters. The van der Waals surface area contributed by atoms with Crippen molar-refractivity contribution in [2.24, 2.45) is 0 Å². The lowest BCUT2D eigenvalue weighted by molar-refractivity contribution is -0.131. The first kappa shape index (κ1) is 13.1. The van der Waals surface area contributed by atoms with Gasteiger partial charge >= 0.3 is 5.97 Å². The minimum absolute atomic E-state index is 0.0776. The first-order chi connectivity index (χ1) is 9.13. The van der Waals surface area contributed by atoms with Crippen LogP contribution in [-0.2, 0) is 11.4 Å². The fourth-order valence-corrected chi connectivity index (χ4v) is 1.42. The molecule has 2 rings (SSSR count). The Morgan fingerprint density at radius 3 is 3.05 bits per heavy atom. The molecule has 1 N–H and O–H groups in total. The summed E-state index contributed by atoms with van der Waals surface area (Å²) in [4.78, 5) is 10.3. The van der Waals surface area contributed by atoms with E-state index in [1.807, 2.05) is 0 Å². The molecule has 6 nitrogen and oxygen atoms in total. The number of benzene rings is 1. The molecule has 0 aliphatic carbocycles. The van der Waals surface area contributed by atoms with Crippen molar-refractivity contribution in [1.82, 2.24) is 10.2 Å². The summed E-state index contributed by atoms with van der Waals surface area (Å²) < 4.78 is 10.5. The maximum Gasteiger partial charge on any atom is 0.328 e. The molecule has 0 aliphatic rings. The molecule has 0 saturated heterocycles. The Kier molecular flexibility index (Phi) is 4.15. The van der Waals surface area contributed by atoms with E-state index in [0.29, 0.717) is 10.8 Å². The van der Waals surface area contributed by atoms with E-state index in [9.17, 15) is 4.79 Å². The third-order valence-electron chi connectivity index (χ3n) is 2.01. The van der Waals surface area contributed by atoms with Gasteiger partial charge in [0.2, 0.25) is 5.89 Å². The van der Waals surface area contributed by atoms with Crippen molar-refractivity contribution in [3.05, 3.63) is 47.1 Å². The second-order valence-corrected chi connectivity index (χ2v) is 3.89. The van der Waals surface area contributed by atoms with Crippen LogP contribution in [0.1, 0.15) is 11.8 Å². The number of hydrogen-bond acceptors (Lipinski definition) is 5. The second-order valence-electron chi connectivity index (χ2n) is 3.45. The lowest BCUT2D eigenvalue weighted by Crippen LogP contribution is -1.95. The molecule has 1 aromatic heterocycles. The lowest BCUT2D eigenvalue weighted by Gasteiger charge is -2.02. The summed E-state index contributed by atoms with van der Waals surface area (Å²) in [6, 6.07) is 6.89. The van der Waals surface area contributed by atoms with Gasteiger partial charge in [-0.2, -0.15) is 0 Å². The van der Waals surface area contributed by atoms with Gasteiger partial charge in [-0.15, -0.1) is 10.2 Å². The predicted octanol–water partition coefficient (Wildman–Crippen LogP) is 2.40. The third kappa shape index (κ3) is 4.11. The molecule has 19 heavy (non-hydrogen) atoms. The van der Waals surface area contributed by atoms with E-state index in [1.165, 1.54) is 6.08 Å². The number of rotatable bonds is 5. The van der Waals surface area contributed by atoms with E-state index in [1.54, 1.807) is 24.3 Å². The largest absolute Gasteiger partial charge is 0.484 e. The molecule has 0 aliphatic heterocycles. The van der Waals surface area contributed by atoms with E-state index in [2.05, 4.69) is 10.2 Å². The third-order valence-corrected chi connectivity index (χ3v) is 2.24. The molecule has 0 saturated carbocycles. The highest BCUT2D eigenvalue weighted by molar-refractivity contribution is 6.30. The molecule has 0 amide bonds. The lowest BCUT2D eigenvalue weighted by atomic mass is 10.3. The number of carbonyl (C=O) groups is 1. The zero-order valence-electron chi connectivity index (χ0n) is 9.62. The fraction of sp³-hybridized carbons (Fsp3) is 0.0833. The summed E-state index contributed by atoms with van der Waals surface area (Å²) in [5.41, 5.74) is 0. The summed E-state index contributed by atoms with van der Waals surface area (Å²) in [5.74, 6) is -0.166. The van der Waals surface area contributed by atoms with Crippen molar-refractivity contribution in [1.29, 1.82) is 0 Å². The fourth-order valence-electron chi connectivity index (χ4n) is 1.24. The van der Waals surface area contributed by atoms with Crippen LogP contribution in [0, 0.1) is 0 Å². The molecule has 0 atom stereocenters. The minimum Gasteiger partial charge on any atom is -0.484 e. The zero-order valence-corrected chi connectivity index (χ0v) is 10.4. The Morgan fingerprint density at radius 2 is 2.32 bits per heavy atom. The molecule has 7 heteroatoms. The minimum atomic E-state index is -1.09. The van der Waals surface area contributed by atoms with Crippen LogP contribution in [0.25, 0.3) is 6.08 Å². The molecule has 0 spiro atoms. The molecular formula is C12H9ClN2O4. The highest BCUT2D eigenvalue weighted by Crippen LogP contribution is 2.18. The van der Waals surface area contributed by atoms with E-state index >= 15 is 0 Å². The maximum atomic E-state index is 10.3. The first-order valence-corrected chi connectivity index (χ1v) is 5.63. The quantitative estimate of drug-likeness (QED) is 0.847. The summed E-state index contributed by atoms with van der Waals surface area (Å²) in [6.45, 7) is 0.0776. The molecule has 0 radical (unpaired) electrons. The number of aliphatic carboxylic acids is 1. The van der Waals surface area contributed by atoms with Crippen molar-refractivity contribution in [3.8, 4) is 5.75 Å². The first-order valence-electron chi connectivity index (χ1n) is 5.25. The second kappa shape index (κ2) is 6.01. The van der Waals surface area contributed by atoms with Crippen LogP contribution < -0.4 is 4.74 Å². The smallest absolute Gasteiger partial charge is 0.328 e. The average molecular weight is 281 g/mol.